The molecule has 3 heteroatoms. The third-order valence-corrected chi connectivity index (χ3v) is 9.94. The van der Waals surface area contributed by atoms with Crippen molar-refractivity contribution >= 4 is 5.97 Å². The summed E-state index contributed by atoms with van der Waals surface area (Å²) in [5, 5.41) is 8.89. The lowest BCUT2D eigenvalue weighted by molar-refractivity contribution is -0.929. The van der Waals surface area contributed by atoms with Gasteiger partial charge in [0, 0.05) is 5.97 Å². The molecule has 0 fully saturated rings. The van der Waals surface area contributed by atoms with Crippen molar-refractivity contribution in [3.05, 3.63) is 0 Å². The number of aliphatic carboxylic acids is 1. The summed E-state index contributed by atoms with van der Waals surface area (Å²) in [5.74, 6) is -1.08. The number of unbranched alkanes of at least 4 members (excludes halogenated alkanes) is 28. The first kappa shape index (κ1) is 46.5. The number of hydrogen-bond donors (Lipinski definition) is 0. The van der Waals surface area contributed by atoms with Gasteiger partial charge in [0.1, 0.15) is 0 Å². The second kappa shape index (κ2) is 39.6. The first-order valence-electron chi connectivity index (χ1n) is 21.0. The average Bonchev–Trinajstić information content (AvgIpc) is 3.02. The van der Waals surface area contributed by atoms with E-state index in [4.69, 9.17) is 9.90 Å². The molecule has 0 heterocycles. The van der Waals surface area contributed by atoms with Crippen molar-refractivity contribution < 1.29 is 14.4 Å². The van der Waals surface area contributed by atoms with Gasteiger partial charge in [-0.25, -0.2) is 0 Å². The van der Waals surface area contributed by atoms with Gasteiger partial charge in [-0.3, -0.25) is 0 Å². The summed E-state index contributed by atoms with van der Waals surface area (Å²) in [5.41, 5.74) is 0. The Morgan fingerprint density at radius 3 is 0.689 bits per heavy atom. The molecule has 45 heavy (non-hydrogen) atoms. The smallest absolute Gasteiger partial charge is 0.0786 e. The number of rotatable bonds is 36. The first-order valence-corrected chi connectivity index (χ1v) is 21.0. The molecule has 0 amide bonds. The molecule has 0 aromatic rings. The molecule has 0 aromatic carbocycles. The molecule has 0 aliphatic heterocycles. The quantitative estimate of drug-likeness (QED) is 0.0506. The van der Waals surface area contributed by atoms with E-state index in [1.165, 1.54) is 236 Å². The minimum absolute atomic E-state index is 0.972. The van der Waals surface area contributed by atoms with Crippen LogP contribution in [-0.4, -0.2) is 36.6 Å². The maximum absolute atomic E-state index is 8.89. The van der Waals surface area contributed by atoms with Gasteiger partial charge in [0.15, 0.2) is 0 Å². The van der Waals surface area contributed by atoms with Crippen LogP contribution in [0.3, 0.4) is 0 Å². The molecule has 0 unspecified atom stereocenters. The van der Waals surface area contributed by atoms with Crippen molar-refractivity contribution in [2.24, 2.45) is 0 Å². The Balaban J connectivity index is 0. The van der Waals surface area contributed by atoms with Crippen LogP contribution >= 0.6 is 0 Å². The number of carbonyl (C=O) groups excluding carboxylic acids is 1. The highest BCUT2D eigenvalue weighted by atomic mass is 16.4. The fraction of sp³-hybridized carbons (Fsp3) is 0.976. The molecule has 3 nitrogen and oxygen atoms in total. The van der Waals surface area contributed by atoms with Crippen LogP contribution in [0.1, 0.15) is 240 Å². The minimum atomic E-state index is -1.08. The van der Waals surface area contributed by atoms with Gasteiger partial charge in [-0.15, -0.1) is 0 Å². The van der Waals surface area contributed by atoms with E-state index in [0.29, 0.717) is 0 Å². The Hall–Kier alpha value is -0.570. The lowest BCUT2D eigenvalue weighted by atomic mass is 10.0. The van der Waals surface area contributed by atoms with Crippen molar-refractivity contribution in [3.63, 3.8) is 0 Å². The zero-order chi connectivity index (χ0) is 33.5. The summed E-state index contributed by atoms with van der Waals surface area (Å²) in [6.07, 6.45) is 46.7. The number of nitrogens with zero attached hydrogens (tertiary/aromatic N) is 1. The summed E-state index contributed by atoms with van der Waals surface area (Å²) in [7, 11) is 0. The molecule has 0 spiro atoms. The summed E-state index contributed by atoms with van der Waals surface area (Å²) < 4.78 is 1.47. The molecule has 0 bridgehead atoms. The maximum atomic E-state index is 8.89. The number of hydrogen-bond acceptors (Lipinski definition) is 2. The van der Waals surface area contributed by atoms with Crippen molar-refractivity contribution in [1.29, 1.82) is 0 Å². The third-order valence-electron chi connectivity index (χ3n) is 9.94. The van der Waals surface area contributed by atoms with Gasteiger partial charge in [0.2, 0.25) is 0 Å². The lowest BCUT2D eigenvalue weighted by Crippen LogP contribution is -2.50. The van der Waals surface area contributed by atoms with E-state index >= 15 is 0 Å². The highest BCUT2D eigenvalue weighted by Crippen LogP contribution is 2.21. The molecule has 0 N–H and O–H groups in total. The predicted molar refractivity (Wildman–Crippen MR) is 201 cm³/mol. The van der Waals surface area contributed by atoms with E-state index in [1.54, 1.807) is 0 Å². The van der Waals surface area contributed by atoms with E-state index in [1.807, 2.05) is 0 Å². The Morgan fingerprint density at radius 2 is 0.489 bits per heavy atom. The second-order valence-corrected chi connectivity index (χ2v) is 14.6. The Labute approximate surface area is 286 Å². The fourth-order valence-electron chi connectivity index (χ4n) is 6.97. The van der Waals surface area contributed by atoms with Gasteiger partial charge in [-0.2, -0.15) is 0 Å². The minimum Gasteiger partial charge on any atom is -0.550 e. The van der Waals surface area contributed by atoms with Gasteiger partial charge in [-0.05, 0) is 51.9 Å². The van der Waals surface area contributed by atoms with Crippen molar-refractivity contribution in [2.45, 2.75) is 240 Å². The van der Waals surface area contributed by atoms with Gasteiger partial charge in [-0.1, -0.05) is 188 Å². The van der Waals surface area contributed by atoms with Crippen LogP contribution < -0.4 is 5.11 Å². The van der Waals surface area contributed by atoms with E-state index < -0.39 is 5.97 Å². The molecule has 0 saturated heterocycles. The lowest BCUT2D eigenvalue weighted by Gasteiger charge is -2.39. The topological polar surface area (TPSA) is 40.1 Å². The number of carboxylic acid groups (broad SMARTS) is 1. The second-order valence-electron chi connectivity index (χ2n) is 14.6. The molecule has 0 radical (unpaired) electrons. The molecule has 0 rings (SSSR count). The molecule has 0 atom stereocenters. The zero-order valence-electron chi connectivity index (χ0n) is 32.2. The van der Waals surface area contributed by atoms with Gasteiger partial charge in [0.05, 0.1) is 26.2 Å². The standard InChI is InChI=1S/C40H84N.C2H4O2/c1-5-9-13-16-19-22-25-28-31-34-38-41(37-12-8-4,39-35-32-29-26-23-20-17-14-10-6-2)40-36-33-30-27-24-21-18-15-11-7-3;1-2(3)4/h5-40H2,1-4H3;1H3,(H,3,4)/q+1;/p-1. The Kier molecular flexibility index (Phi) is 41.0. The highest BCUT2D eigenvalue weighted by molar-refractivity contribution is 5.60. The van der Waals surface area contributed by atoms with E-state index in [0.717, 1.165) is 6.92 Å². The van der Waals surface area contributed by atoms with Crippen molar-refractivity contribution in [3.8, 4) is 0 Å². The van der Waals surface area contributed by atoms with E-state index in [-0.39, 0.29) is 0 Å². The van der Waals surface area contributed by atoms with Gasteiger partial charge in [0.25, 0.3) is 0 Å². The Morgan fingerprint density at radius 1 is 0.333 bits per heavy atom. The molecule has 0 saturated carbocycles. The van der Waals surface area contributed by atoms with Crippen LogP contribution in [0.25, 0.3) is 0 Å². The van der Waals surface area contributed by atoms with Crippen LogP contribution in [0.2, 0.25) is 0 Å². The van der Waals surface area contributed by atoms with Crippen molar-refractivity contribution in [2.75, 3.05) is 26.2 Å². The van der Waals surface area contributed by atoms with Crippen LogP contribution in [-0.2, 0) is 4.79 Å². The first-order chi connectivity index (χ1) is 22.0. The summed E-state index contributed by atoms with van der Waals surface area (Å²) >= 11 is 0. The van der Waals surface area contributed by atoms with Crippen LogP contribution in [0.15, 0.2) is 0 Å². The van der Waals surface area contributed by atoms with E-state index in [9.17, 15) is 0 Å². The predicted octanol–water partition coefficient (Wildman–Crippen LogP) is 13.1. The monoisotopic (exact) mass is 638 g/mol. The summed E-state index contributed by atoms with van der Waals surface area (Å²) in [4.78, 5) is 8.89. The van der Waals surface area contributed by atoms with Crippen LogP contribution in [0.4, 0.5) is 0 Å². The Bertz CT molecular complexity index is 485. The number of carbonyl (C=O) groups is 1. The van der Waals surface area contributed by atoms with E-state index in [2.05, 4.69) is 27.7 Å². The fourth-order valence-corrected chi connectivity index (χ4v) is 6.97. The molecule has 0 aliphatic rings. The SMILES string of the molecule is CC(=O)[O-].CCCCCCCCCCCC[N+](CCCC)(CCCCCCCCCCCC)CCCCCCCCCCCC. The molecule has 0 aromatic heterocycles. The maximum Gasteiger partial charge on any atom is 0.0786 e. The van der Waals surface area contributed by atoms with Gasteiger partial charge >= 0.3 is 0 Å². The molecular formula is C42H87NO2. The molecular weight excluding hydrogens is 550 g/mol. The summed E-state index contributed by atoms with van der Waals surface area (Å²) in [6.45, 7) is 16.3. The largest absolute Gasteiger partial charge is 0.550 e. The third kappa shape index (κ3) is 39.5. The normalized spacial score (nSPS) is 11.5. The summed E-state index contributed by atoms with van der Waals surface area (Å²) in [6, 6.07) is 0. The molecule has 0 aliphatic carbocycles. The molecule has 272 valence electrons. The van der Waals surface area contributed by atoms with Crippen LogP contribution in [0.5, 0.6) is 0 Å². The number of carboxylic acids is 1. The van der Waals surface area contributed by atoms with Gasteiger partial charge < -0.3 is 14.4 Å². The number of quaternary nitrogens is 1. The zero-order valence-corrected chi connectivity index (χ0v) is 32.2. The average molecular weight is 638 g/mol. The highest BCUT2D eigenvalue weighted by Gasteiger charge is 2.25. The van der Waals surface area contributed by atoms with Crippen LogP contribution in [0, 0.1) is 0 Å². The van der Waals surface area contributed by atoms with Crippen molar-refractivity contribution in [1.82, 2.24) is 0 Å².